The van der Waals surface area contributed by atoms with Crippen LogP contribution in [0.25, 0.3) is 11.4 Å². The number of carbonyl (C=O) groups is 2. The van der Waals surface area contributed by atoms with Gasteiger partial charge in [-0.05, 0) is 44.5 Å². The minimum atomic E-state index is -0.789. The van der Waals surface area contributed by atoms with E-state index in [1.165, 1.54) is 0 Å². The van der Waals surface area contributed by atoms with Crippen LogP contribution in [-0.2, 0) is 22.5 Å². The van der Waals surface area contributed by atoms with Crippen molar-refractivity contribution in [2.24, 2.45) is 5.92 Å². The summed E-state index contributed by atoms with van der Waals surface area (Å²) in [5, 5.41) is 14.9. The van der Waals surface area contributed by atoms with Crippen molar-refractivity contribution in [2.45, 2.75) is 39.8 Å². The molecule has 1 unspecified atom stereocenters. The molecule has 0 radical (unpaired) electrons. The Morgan fingerprint density at radius 2 is 2.00 bits per heavy atom. The number of amides is 2. The van der Waals surface area contributed by atoms with Crippen molar-refractivity contribution >= 4 is 23.5 Å². The number of morpholine rings is 1. The lowest BCUT2D eigenvalue weighted by Gasteiger charge is -2.38. The molecule has 0 bridgehead atoms. The van der Waals surface area contributed by atoms with Crippen LogP contribution >= 0.6 is 0 Å². The Balaban J connectivity index is 1.65. The van der Waals surface area contributed by atoms with Gasteiger partial charge in [0, 0.05) is 49.5 Å². The van der Waals surface area contributed by atoms with Gasteiger partial charge in [-0.3, -0.25) is 9.69 Å². The molecule has 188 valence electrons. The van der Waals surface area contributed by atoms with E-state index in [4.69, 9.17) is 14.7 Å². The van der Waals surface area contributed by atoms with Gasteiger partial charge in [-0.1, -0.05) is 6.92 Å². The van der Waals surface area contributed by atoms with Crippen LogP contribution in [0.2, 0.25) is 0 Å². The molecule has 2 aromatic rings. The van der Waals surface area contributed by atoms with E-state index in [9.17, 15) is 14.7 Å². The third-order valence-corrected chi connectivity index (χ3v) is 6.45. The lowest BCUT2D eigenvalue weighted by molar-refractivity contribution is -0.141. The predicted molar refractivity (Wildman–Crippen MR) is 134 cm³/mol. The molecule has 1 fully saturated rings. The SMILES string of the molecule is CCNC(=O)Nc1ccc(-c2nc3c(c(N4CCOCC4C)n2)CCN(C[C@H](C)C(=O)O)C3)cc1. The second kappa shape index (κ2) is 11.0. The minimum Gasteiger partial charge on any atom is -0.481 e. The molecule has 2 amide bonds. The standard InChI is InChI=1S/C25H34N6O4/c1-4-26-25(34)27-19-7-5-18(6-8-19)22-28-21-14-30(13-16(2)24(32)33)10-9-20(21)23(29-22)31-11-12-35-15-17(31)3/h5-8,16-17H,4,9-15H2,1-3H3,(H,32,33)(H2,26,27,34)/t16-,17?/m0/s1. The monoisotopic (exact) mass is 482 g/mol. The number of fused-ring (bicyclic) bond motifs is 1. The molecule has 10 heteroatoms. The van der Waals surface area contributed by atoms with Crippen molar-refractivity contribution < 1.29 is 19.4 Å². The van der Waals surface area contributed by atoms with Gasteiger partial charge in [0.15, 0.2) is 5.82 Å². The van der Waals surface area contributed by atoms with Gasteiger partial charge in [-0.15, -0.1) is 0 Å². The first-order valence-corrected chi connectivity index (χ1v) is 12.2. The van der Waals surface area contributed by atoms with Gasteiger partial charge in [-0.25, -0.2) is 14.8 Å². The highest BCUT2D eigenvalue weighted by Crippen LogP contribution is 2.32. The summed E-state index contributed by atoms with van der Waals surface area (Å²) in [4.78, 5) is 37.6. The maximum Gasteiger partial charge on any atom is 0.319 e. The van der Waals surface area contributed by atoms with E-state index >= 15 is 0 Å². The number of ether oxygens (including phenoxy) is 1. The molecule has 10 nitrogen and oxygen atoms in total. The van der Waals surface area contributed by atoms with Gasteiger partial charge in [0.1, 0.15) is 5.82 Å². The smallest absolute Gasteiger partial charge is 0.319 e. The summed E-state index contributed by atoms with van der Waals surface area (Å²) in [6.45, 7) is 10.2. The van der Waals surface area contributed by atoms with Crippen LogP contribution in [-0.4, -0.2) is 77.4 Å². The molecule has 1 aromatic heterocycles. The van der Waals surface area contributed by atoms with Crippen molar-refractivity contribution in [1.29, 1.82) is 0 Å². The highest BCUT2D eigenvalue weighted by atomic mass is 16.5. The Kier molecular flexibility index (Phi) is 7.82. The highest BCUT2D eigenvalue weighted by Gasteiger charge is 2.30. The Hall–Kier alpha value is -3.24. The van der Waals surface area contributed by atoms with E-state index < -0.39 is 11.9 Å². The molecule has 3 heterocycles. The fraction of sp³-hybridized carbons (Fsp3) is 0.520. The van der Waals surface area contributed by atoms with E-state index in [1.807, 2.05) is 31.2 Å². The van der Waals surface area contributed by atoms with Crippen LogP contribution < -0.4 is 15.5 Å². The summed E-state index contributed by atoms with van der Waals surface area (Å²) in [5.74, 6) is 0.330. The summed E-state index contributed by atoms with van der Waals surface area (Å²) in [7, 11) is 0. The molecule has 0 aliphatic carbocycles. The maximum absolute atomic E-state index is 11.8. The number of hydrogen-bond acceptors (Lipinski definition) is 7. The number of hydrogen-bond donors (Lipinski definition) is 3. The number of nitrogens with zero attached hydrogens (tertiary/aromatic N) is 4. The molecule has 4 rings (SSSR count). The Morgan fingerprint density at radius 3 is 2.69 bits per heavy atom. The largest absolute Gasteiger partial charge is 0.481 e. The summed E-state index contributed by atoms with van der Waals surface area (Å²) in [5.41, 5.74) is 3.62. The van der Waals surface area contributed by atoms with Gasteiger partial charge >= 0.3 is 12.0 Å². The number of aliphatic carboxylic acids is 1. The van der Waals surface area contributed by atoms with Crippen LogP contribution in [0.5, 0.6) is 0 Å². The number of carboxylic acids is 1. The second-order valence-electron chi connectivity index (χ2n) is 9.20. The van der Waals surface area contributed by atoms with Crippen LogP contribution in [0, 0.1) is 5.92 Å². The second-order valence-corrected chi connectivity index (χ2v) is 9.20. The zero-order valence-electron chi connectivity index (χ0n) is 20.6. The number of benzene rings is 1. The van der Waals surface area contributed by atoms with Crippen LogP contribution in [0.1, 0.15) is 32.0 Å². The van der Waals surface area contributed by atoms with Crippen molar-refractivity contribution in [2.75, 3.05) is 49.6 Å². The van der Waals surface area contributed by atoms with Gasteiger partial charge in [0.2, 0.25) is 0 Å². The van der Waals surface area contributed by atoms with Gasteiger partial charge in [-0.2, -0.15) is 0 Å². The average Bonchev–Trinajstić information content (AvgIpc) is 2.84. The quantitative estimate of drug-likeness (QED) is 0.551. The molecular weight excluding hydrogens is 448 g/mol. The minimum absolute atomic E-state index is 0.198. The number of carbonyl (C=O) groups excluding carboxylic acids is 1. The van der Waals surface area contributed by atoms with Crippen molar-refractivity contribution in [3.05, 3.63) is 35.5 Å². The molecule has 0 saturated carbocycles. The van der Waals surface area contributed by atoms with Crippen molar-refractivity contribution in [3.63, 3.8) is 0 Å². The summed E-state index contributed by atoms with van der Waals surface area (Å²) in [6, 6.07) is 7.44. The fourth-order valence-electron chi connectivity index (χ4n) is 4.53. The highest BCUT2D eigenvalue weighted by molar-refractivity contribution is 5.89. The van der Waals surface area contributed by atoms with Crippen LogP contribution in [0.4, 0.5) is 16.3 Å². The molecule has 0 spiro atoms. The van der Waals surface area contributed by atoms with E-state index in [0.29, 0.717) is 44.4 Å². The van der Waals surface area contributed by atoms with Gasteiger partial charge in [0.25, 0.3) is 0 Å². The lowest BCUT2D eigenvalue weighted by atomic mass is 10.0. The first-order valence-electron chi connectivity index (χ1n) is 12.2. The van der Waals surface area contributed by atoms with Gasteiger partial charge < -0.3 is 25.4 Å². The first kappa shape index (κ1) is 24.9. The molecule has 3 N–H and O–H groups in total. The topological polar surface area (TPSA) is 120 Å². The van der Waals surface area contributed by atoms with Gasteiger partial charge in [0.05, 0.1) is 30.9 Å². The van der Waals surface area contributed by atoms with E-state index in [0.717, 1.165) is 42.1 Å². The predicted octanol–water partition coefficient (Wildman–Crippen LogP) is 2.59. The first-order chi connectivity index (χ1) is 16.9. The normalized spacial score (nSPS) is 19.1. The molecule has 2 atom stereocenters. The number of carboxylic acid groups (broad SMARTS) is 1. The number of aromatic nitrogens is 2. The van der Waals surface area contributed by atoms with Crippen molar-refractivity contribution in [1.82, 2.24) is 20.2 Å². The fourth-order valence-corrected chi connectivity index (χ4v) is 4.53. The molecule has 2 aliphatic rings. The van der Waals surface area contributed by atoms with E-state index in [2.05, 4.69) is 27.4 Å². The molecule has 1 saturated heterocycles. The number of nitrogens with one attached hydrogen (secondary N) is 2. The summed E-state index contributed by atoms with van der Waals surface area (Å²) in [6.07, 6.45) is 0.775. The van der Waals surface area contributed by atoms with Crippen LogP contribution in [0.3, 0.4) is 0 Å². The third-order valence-electron chi connectivity index (χ3n) is 6.45. The molecular formula is C25H34N6O4. The Labute approximate surface area is 205 Å². The van der Waals surface area contributed by atoms with Crippen LogP contribution in [0.15, 0.2) is 24.3 Å². The Bertz CT molecular complexity index is 1060. The molecule has 2 aliphatic heterocycles. The lowest BCUT2D eigenvalue weighted by Crippen LogP contribution is -2.45. The number of urea groups is 1. The molecule has 35 heavy (non-hydrogen) atoms. The summed E-state index contributed by atoms with van der Waals surface area (Å²) < 4.78 is 5.65. The average molecular weight is 483 g/mol. The zero-order chi connectivity index (χ0) is 24.9. The maximum atomic E-state index is 11.8. The third kappa shape index (κ3) is 5.88. The zero-order valence-corrected chi connectivity index (χ0v) is 20.6. The van der Waals surface area contributed by atoms with E-state index in [-0.39, 0.29) is 12.1 Å². The molecule has 1 aromatic carbocycles. The van der Waals surface area contributed by atoms with Crippen molar-refractivity contribution in [3.8, 4) is 11.4 Å². The van der Waals surface area contributed by atoms with E-state index in [1.54, 1.807) is 6.92 Å². The Morgan fingerprint density at radius 1 is 1.23 bits per heavy atom. The number of anilines is 2. The number of rotatable bonds is 7. The summed E-state index contributed by atoms with van der Waals surface area (Å²) >= 11 is 0.